The maximum absolute atomic E-state index is 12.9. The molecule has 1 fully saturated rings. The zero-order valence-corrected chi connectivity index (χ0v) is 12.0. The van der Waals surface area contributed by atoms with E-state index in [4.69, 9.17) is 11.6 Å². The van der Waals surface area contributed by atoms with Gasteiger partial charge < -0.3 is 0 Å². The van der Waals surface area contributed by atoms with Crippen LogP contribution in [0.1, 0.15) is 31.2 Å². The molecule has 1 aromatic rings. The van der Waals surface area contributed by atoms with Gasteiger partial charge in [0.15, 0.2) is 0 Å². The van der Waals surface area contributed by atoms with Crippen molar-refractivity contribution < 1.29 is 22.4 Å². The van der Waals surface area contributed by atoms with Gasteiger partial charge in [0.25, 0.3) is 0 Å². The number of halogens is 5. The van der Waals surface area contributed by atoms with Gasteiger partial charge in [-0.2, -0.15) is 13.2 Å². The van der Waals surface area contributed by atoms with Crippen molar-refractivity contribution in [1.29, 1.82) is 0 Å². The number of hydrogen-bond donors (Lipinski definition) is 0. The summed E-state index contributed by atoms with van der Waals surface area (Å²) in [6.45, 7) is 0. The molecule has 1 aliphatic carbocycles. The molecule has 0 unspecified atom stereocenters. The molecule has 2 rings (SSSR count). The van der Waals surface area contributed by atoms with E-state index in [9.17, 15) is 22.4 Å². The van der Waals surface area contributed by atoms with Gasteiger partial charge >= 0.3 is 6.18 Å². The second-order valence-electron chi connectivity index (χ2n) is 5.47. The molecule has 1 nitrogen and oxygen atoms in total. The molecule has 6 heteroatoms. The van der Waals surface area contributed by atoms with Crippen LogP contribution in [0.4, 0.5) is 17.6 Å². The predicted octanol–water partition coefficient (Wildman–Crippen LogP) is 4.96. The molecule has 21 heavy (non-hydrogen) atoms. The molecule has 116 valence electrons. The number of hydrogen-bond acceptors (Lipinski definition) is 1. The van der Waals surface area contributed by atoms with Gasteiger partial charge in [-0.15, -0.1) is 0 Å². The molecular weight excluding hydrogens is 308 g/mol. The average molecular weight is 323 g/mol. The third-order valence-electron chi connectivity index (χ3n) is 4.03. The highest BCUT2D eigenvalue weighted by atomic mass is 35.5. The molecule has 0 spiro atoms. The molecule has 0 heterocycles. The molecule has 0 aliphatic heterocycles. The van der Waals surface area contributed by atoms with E-state index >= 15 is 0 Å². The summed E-state index contributed by atoms with van der Waals surface area (Å²) in [5.74, 6) is -2.26. The molecule has 0 atom stereocenters. The highest BCUT2D eigenvalue weighted by Crippen LogP contribution is 2.40. The van der Waals surface area contributed by atoms with Crippen molar-refractivity contribution >= 4 is 17.4 Å². The SMILES string of the molecule is O=C(Cc1ccc(F)cc1Cl)C1CCC(C(F)(F)F)CC1. The summed E-state index contributed by atoms with van der Waals surface area (Å²) in [4.78, 5) is 12.1. The number of ketones is 1. The molecule has 0 amide bonds. The predicted molar refractivity (Wildman–Crippen MR) is 71.6 cm³/mol. The Bertz CT molecular complexity index is 519. The van der Waals surface area contributed by atoms with Gasteiger partial charge in [0, 0.05) is 17.4 Å². The lowest BCUT2D eigenvalue weighted by Crippen LogP contribution is -2.30. The summed E-state index contributed by atoms with van der Waals surface area (Å²) in [5, 5.41) is 0.173. The monoisotopic (exact) mass is 322 g/mol. The van der Waals surface area contributed by atoms with E-state index in [0.29, 0.717) is 5.56 Å². The summed E-state index contributed by atoms with van der Waals surface area (Å²) < 4.78 is 50.6. The van der Waals surface area contributed by atoms with Crippen molar-refractivity contribution in [3.05, 3.63) is 34.6 Å². The van der Waals surface area contributed by atoms with Gasteiger partial charge in [0.05, 0.1) is 5.92 Å². The van der Waals surface area contributed by atoms with Crippen molar-refractivity contribution in [3.63, 3.8) is 0 Å². The Hall–Kier alpha value is -1.10. The second kappa shape index (κ2) is 6.34. The number of benzene rings is 1. The molecule has 0 saturated heterocycles. The second-order valence-corrected chi connectivity index (χ2v) is 5.88. The van der Waals surface area contributed by atoms with Crippen molar-refractivity contribution in [2.45, 2.75) is 38.3 Å². The van der Waals surface area contributed by atoms with Crippen LogP contribution in [0.15, 0.2) is 18.2 Å². The van der Waals surface area contributed by atoms with Crippen LogP contribution in [-0.4, -0.2) is 12.0 Å². The Balaban J connectivity index is 1.93. The Morgan fingerprint density at radius 3 is 2.33 bits per heavy atom. The minimum Gasteiger partial charge on any atom is -0.299 e. The Morgan fingerprint density at radius 2 is 1.81 bits per heavy atom. The van der Waals surface area contributed by atoms with E-state index < -0.39 is 17.9 Å². The highest BCUT2D eigenvalue weighted by molar-refractivity contribution is 6.31. The van der Waals surface area contributed by atoms with E-state index in [1.54, 1.807) is 0 Å². The van der Waals surface area contributed by atoms with E-state index in [0.717, 1.165) is 6.07 Å². The van der Waals surface area contributed by atoms with Gasteiger partial charge in [-0.25, -0.2) is 4.39 Å². The van der Waals surface area contributed by atoms with Crippen LogP contribution in [0.3, 0.4) is 0 Å². The minimum absolute atomic E-state index is 0.00292. The quantitative estimate of drug-likeness (QED) is 0.719. The third-order valence-corrected chi connectivity index (χ3v) is 4.38. The summed E-state index contributed by atoms with van der Waals surface area (Å²) in [7, 11) is 0. The van der Waals surface area contributed by atoms with Crippen LogP contribution in [0.2, 0.25) is 5.02 Å². The number of Topliss-reactive ketones (excluding diaryl/α,β-unsaturated/α-hetero) is 1. The molecule has 0 N–H and O–H groups in total. The van der Waals surface area contributed by atoms with Gasteiger partial charge in [-0.1, -0.05) is 17.7 Å². The van der Waals surface area contributed by atoms with Crippen molar-refractivity contribution in [2.75, 3.05) is 0 Å². The Kier molecular flexibility index (Phi) is 4.91. The van der Waals surface area contributed by atoms with E-state index in [2.05, 4.69) is 0 Å². The van der Waals surface area contributed by atoms with Crippen LogP contribution in [0, 0.1) is 17.7 Å². The lowest BCUT2D eigenvalue weighted by molar-refractivity contribution is -0.184. The fraction of sp³-hybridized carbons (Fsp3) is 0.533. The first-order valence-corrected chi connectivity index (χ1v) is 7.18. The van der Waals surface area contributed by atoms with Crippen molar-refractivity contribution in [3.8, 4) is 0 Å². The zero-order chi connectivity index (χ0) is 15.6. The van der Waals surface area contributed by atoms with Gasteiger partial charge in [-0.05, 0) is 43.4 Å². The highest BCUT2D eigenvalue weighted by Gasteiger charge is 2.42. The van der Waals surface area contributed by atoms with E-state index in [-0.39, 0.29) is 48.8 Å². The smallest absolute Gasteiger partial charge is 0.299 e. The maximum Gasteiger partial charge on any atom is 0.391 e. The van der Waals surface area contributed by atoms with E-state index in [1.807, 2.05) is 0 Å². The van der Waals surface area contributed by atoms with Crippen LogP contribution in [-0.2, 0) is 11.2 Å². The van der Waals surface area contributed by atoms with Crippen molar-refractivity contribution in [1.82, 2.24) is 0 Å². The van der Waals surface area contributed by atoms with E-state index in [1.165, 1.54) is 12.1 Å². The standard InChI is InChI=1S/C15H15ClF4O/c16-13-8-12(17)6-3-10(13)7-14(21)9-1-4-11(5-2-9)15(18,19)20/h3,6,8-9,11H,1-2,4-5,7H2. The Labute approximate surface area is 125 Å². The summed E-state index contributed by atoms with van der Waals surface area (Å²) in [6.07, 6.45) is -3.63. The van der Waals surface area contributed by atoms with Crippen LogP contribution < -0.4 is 0 Å². The lowest BCUT2D eigenvalue weighted by Gasteiger charge is -2.29. The first-order valence-electron chi connectivity index (χ1n) is 6.80. The first kappa shape index (κ1) is 16.3. The fourth-order valence-electron chi connectivity index (χ4n) is 2.74. The fourth-order valence-corrected chi connectivity index (χ4v) is 2.97. The molecule has 0 aromatic heterocycles. The molecule has 0 bridgehead atoms. The van der Waals surface area contributed by atoms with Crippen LogP contribution in [0.5, 0.6) is 0 Å². The average Bonchev–Trinajstić information content (AvgIpc) is 2.41. The zero-order valence-electron chi connectivity index (χ0n) is 11.2. The largest absolute Gasteiger partial charge is 0.391 e. The van der Waals surface area contributed by atoms with Crippen LogP contribution >= 0.6 is 11.6 Å². The maximum atomic E-state index is 12.9. The molecule has 1 aliphatic rings. The third kappa shape index (κ3) is 4.19. The molecular formula is C15H15ClF4O. The van der Waals surface area contributed by atoms with Crippen LogP contribution in [0.25, 0.3) is 0 Å². The number of carbonyl (C=O) groups excluding carboxylic acids is 1. The first-order chi connectivity index (χ1) is 9.77. The topological polar surface area (TPSA) is 17.1 Å². The number of alkyl halides is 3. The van der Waals surface area contributed by atoms with Gasteiger partial charge in [0.2, 0.25) is 0 Å². The number of carbonyl (C=O) groups is 1. The van der Waals surface area contributed by atoms with Crippen molar-refractivity contribution in [2.24, 2.45) is 11.8 Å². The van der Waals surface area contributed by atoms with Gasteiger partial charge in [0.1, 0.15) is 11.6 Å². The number of rotatable bonds is 3. The van der Waals surface area contributed by atoms with Gasteiger partial charge in [-0.3, -0.25) is 4.79 Å². The summed E-state index contributed by atoms with van der Waals surface area (Å²) >= 11 is 5.85. The lowest BCUT2D eigenvalue weighted by atomic mass is 9.78. The molecule has 1 saturated carbocycles. The minimum atomic E-state index is -4.17. The normalized spacial score (nSPS) is 23.1. The molecule has 1 aromatic carbocycles. The summed E-state index contributed by atoms with van der Waals surface area (Å²) in [5.41, 5.74) is 0.515. The Morgan fingerprint density at radius 1 is 1.19 bits per heavy atom. The molecule has 0 radical (unpaired) electrons. The summed E-state index contributed by atoms with van der Waals surface area (Å²) in [6, 6.07) is 3.79.